The molecule has 0 aromatic heterocycles. The molecule has 1 fully saturated rings. The number of nitrogens with two attached hydrogens (primary N) is 1. The highest BCUT2D eigenvalue weighted by Crippen LogP contribution is 2.19. The number of nitrogens with one attached hydrogen (secondary N) is 1. The van der Waals surface area contributed by atoms with Gasteiger partial charge in [-0.2, -0.15) is 0 Å². The third-order valence-corrected chi connectivity index (χ3v) is 2.88. The van der Waals surface area contributed by atoms with Crippen molar-refractivity contribution in [2.45, 2.75) is 51.4 Å². The maximum Gasteiger partial charge on any atom is 0.331 e. The highest BCUT2D eigenvalue weighted by Gasteiger charge is 2.36. The van der Waals surface area contributed by atoms with Gasteiger partial charge in [-0.25, -0.2) is 4.79 Å². The van der Waals surface area contributed by atoms with Gasteiger partial charge in [0.15, 0.2) is 0 Å². The molecular weight excluding hydrogens is 236 g/mol. The van der Waals surface area contributed by atoms with E-state index in [0.717, 1.165) is 6.42 Å². The van der Waals surface area contributed by atoms with Crippen LogP contribution in [0.25, 0.3) is 0 Å². The van der Waals surface area contributed by atoms with Crippen LogP contribution in [0.2, 0.25) is 0 Å². The fraction of sp³-hybridized carbons (Fsp3) is 0.833. The van der Waals surface area contributed by atoms with Crippen LogP contribution >= 0.6 is 0 Å². The van der Waals surface area contributed by atoms with E-state index in [1.165, 1.54) is 0 Å². The summed E-state index contributed by atoms with van der Waals surface area (Å²) < 4.78 is 10.4. The van der Waals surface area contributed by atoms with Crippen molar-refractivity contribution in [2.75, 3.05) is 13.2 Å². The number of carbonyl (C=O) groups is 2. The summed E-state index contributed by atoms with van der Waals surface area (Å²) in [6, 6.07) is 0. The molecule has 0 bridgehead atoms. The molecule has 104 valence electrons. The highest BCUT2D eigenvalue weighted by molar-refractivity contribution is 5.89. The van der Waals surface area contributed by atoms with Crippen LogP contribution in [0.1, 0.15) is 33.6 Å². The Kier molecular flexibility index (Phi) is 5.10. The number of rotatable bonds is 5. The Bertz CT molecular complexity index is 317. The largest absolute Gasteiger partial charge is 0.464 e. The summed E-state index contributed by atoms with van der Waals surface area (Å²) in [6.45, 7) is 5.64. The van der Waals surface area contributed by atoms with E-state index in [2.05, 4.69) is 5.32 Å². The van der Waals surface area contributed by atoms with E-state index in [9.17, 15) is 9.59 Å². The Morgan fingerprint density at radius 2 is 2.11 bits per heavy atom. The van der Waals surface area contributed by atoms with Crippen molar-refractivity contribution in [3.8, 4) is 0 Å². The van der Waals surface area contributed by atoms with Gasteiger partial charge in [0, 0.05) is 6.54 Å². The summed E-state index contributed by atoms with van der Waals surface area (Å²) in [7, 11) is 0. The minimum atomic E-state index is -1.04. The minimum absolute atomic E-state index is 0.0635. The summed E-state index contributed by atoms with van der Waals surface area (Å²) in [4.78, 5) is 23.6. The van der Waals surface area contributed by atoms with Crippen molar-refractivity contribution >= 4 is 11.9 Å². The number of hydrogen-bond acceptors (Lipinski definition) is 5. The Balaban J connectivity index is 2.51. The molecule has 6 heteroatoms. The van der Waals surface area contributed by atoms with Gasteiger partial charge < -0.3 is 20.5 Å². The lowest BCUT2D eigenvalue weighted by molar-refractivity contribution is -0.153. The molecule has 1 saturated heterocycles. The van der Waals surface area contributed by atoms with Gasteiger partial charge in [-0.05, 0) is 33.6 Å². The lowest BCUT2D eigenvalue weighted by atomic mass is 10.1. The molecule has 0 aromatic carbocycles. The van der Waals surface area contributed by atoms with Crippen molar-refractivity contribution in [3.63, 3.8) is 0 Å². The molecule has 1 rings (SSSR count). The molecular formula is C12H22N2O4. The smallest absolute Gasteiger partial charge is 0.331 e. The van der Waals surface area contributed by atoms with Gasteiger partial charge in [0.1, 0.15) is 11.6 Å². The zero-order chi connectivity index (χ0) is 13.8. The number of hydrogen-bond donors (Lipinski definition) is 2. The average molecular weight is 258 g/mol. The number of amides is 1. The Hall–Kier alpha value is -1.14. The van der Waals surface area contributed by atoms with Gasteiger partial charge in [0.05, 0.1) is 12.7 Å². The fourth-order valence-corrected chi connectivity index (χ4v) is 1.82. The van der Waals surface area contributed by atoms with Crippen LogP contribution < -0.4 is 11.1 Å². The summed E-state index contributed by atoms with van der Waals surface area (Å²) in [5.74, 6) is -0.740. The van der Waals surface area contributed by atoms with Gasteiger partial charge in [0.2, 0.25) is 5.91 Å². The van der Waals surface area contributed by atoms with Crippen LogP contribution in [0.4, 0.5) is 0 Å². The second-order valence-electron chi connectivity index (χ2n) is 4.89. The maximum atomic E-state index is 11.9. The first-order chi connectivity index (χ1) is 8.40. The van der Waals surface area contributed by atoms with Gasteiger partial charge in [-0.1, -0.05) is 0 Å². The first kappa shape index (κ1) is 14.9. The lowest BCUT2D eigenvalue weighted by Crippen LogP contribution is -2.53. The predicted molar refractivity (Wildman–Crippen MR) is 65.8 cm³/mol. The second-order valence-corrected chi connectivity index (χ2v) is 4.89. The number of ether oxygens (including phenoxy) is 2. The Morgan fingerprint density at radius 1 is 1.44 bits per heavy atom. The number of carbonyl (C=O) groups excluding carboxylic acids is 2. The third-order valence-electron chi connectivity index (χ3n) is 2.88. The van der Waals surface area contributed by atoms with Gasteiger partial charge in [-0.15, -0.1) is 0 Å². The minimum Gasteiger partial charge on any atom is -0.464 e. The van der Waals surface area contributed by atoms with Crippen LogP contribution in [-0.4, -0.2) is 42.8 Å². The third kappa shape index (κ3) is 3.68. The molecule has 0 aromatic rings. The van der Waals surface area contributed by atoms with E-state index >= 15 is 0 Å². The van der Waals surface area contributed by atoms with Gasteiger partial charge >= 0.3 is 5.97 Å². The molecule has 1 amide bonds. The number of esters is 1. The summed E-state index contributed by atoms with van der Waals surface area (Å²) in [6.07, 6.45) is 0.819. The van der Waals surface area contributed by atoms with Crippen molar-refractivity contribution in [2.24, 2.45) is 5.73 Å². The van der Waals surface area contributed by atoms with Crippen molar-refractivity contribution in [1.29, 1.82) is 0 Å². The van der Waals surface area contributed by atoms with E-state index in [1.807, 2.05) is 0 Å². The molecule has 0 spiro atoms. The van der Waals surface area contributed by atoms with Crippen molar-refractivity contribution in [1.82, 2.24) is 5.32 Å². The van der Waals surface area contributed by atoms with Crippen LogP contribution in [0.15, 0.2) is 0 Å². The van der Waals surface area contributed by atoms with Gasteiger partial charge in [0.25, 0.3) is 0 Å². The second kappa shape index (κ2) is 6.15. The molecule has 6 nitrogen and oxygen atoms in total. The normalized spacial score (nSPS) is 23.8. The average Bonchev–Trinajstić information content (AvgIpc) is 2.77. The Morgan fingerprint density at radius 3 is 2.61 bits per heavy atom. The van der Waals surface area contributed by atoms with Crippen LogP contribution in [0.3, 0.4) is 0 Å². The zero-order valence-corrected chi connectivity index (χ0v) is 11.2. The molecule has 1 heterocycles. The summed E-state index contributed by atoms with van der Waals surface area (Å²) in [5.41, 5.74) is 4.44. The summed E-state index contributed by atoms with van der Waals surface area (Å²) >= 11 is 0. The molecule has 0 radical (unpaired) electrons. The monoisotopic (exact) mass is 258 g/mol. The van der Waals surface area contributed by atoms with E-state index in [-0.39, 0.29) is 18.6 Å². The van der Waals surface area contributed by atoms with E-state index in [1.54, 1.807) is 20.8 Å². The standard InChI is InChI=1S/C12H22N2O4/c1-4-17-11(16)12(2,3)14-10(15)9-6-5-8(7-13)18-9/h8-9H,4-7,13H2,1-3H3,(H,14,15)/t8-,9+/m1/s1. The van der Waals surface area contributed by atoms with E-state index in [0.29, 0.717) is 13.0 Å². The van der Waals surface area contributed by atoms with Crippen LogP contribution in [0.5, 0.6) is 0 Å². The van der Waals surface area contributed by atoms with Crippen LogP contribution in [0, 0.1) is 0 Å². The topological polar surface area (TPSA) is 90.7 Å². The Labute approximate surface area is 107 Å². The van der Waals surface area contributed by atoms with Crippen LogP contribution in [-0.2, 0) is 19.1 Å². The summed E-state index contributed by atoms with van der Waals surface area (Å²) in [5, 5.41) is 2.65. The zero-order valence-electron chi connectivity index (χ0n) is 11.2. The molecule has 0 unspecified atom stereocenters. The lowest BCUT2D eigenvalue weighted by Gasteiger charge is -2.25. The van der Waals surface area contributed by atoms with E-state index in [4.69, 9.17) is 15.2 Å². The molecule has 1 aliphatic heterocycles. The van der Waals surface area contributed by atoms with E-state index < -0.39 is 17.6 Å². The first-order valence-corrected chi connectivity index (χ1v) is 6.25. The molecule has 1 aliphatic rings. The quantitative estimate of drug-likeness (QED) is 0.675. The molecule has 2 atom stereocenters. The predicted octanol–water partition coefficient (Wildman–Crippen LogP) is -0.0494. The first-order valence-electron chi connectivity index (χ1n) is 6.25. The molecule has 0 aliphatic carbocycles. The van der Waals surface area contributed by atoms with Crippen molar-refractivity contribution in [3.05, 3.63) is 0 Å². The molecule has 18 heavy (non-hydrogen) atoms. The maximum absolute atomic E-state index is 11.9. The fourth-order valence-electron chi connectivity index (χ4n) is 1.82. The molecule has 3 N–H and O–H groups in total. The van der Waals surface area contributed by atoms with Crippen molar-refractivity contribution < 1.29 is 19.1 Å². The molecule has 0 saturated carbocycles. The highest BCUT2D eigenvalue weighted by atomic mass is 16.5. The SMILES string of the molecule is CCOC(=O)C(C)(C)NC(=O)[C@@H]1CC[C@H](CN)O1. The van der Waals surface area contributed by atoms with Gasteiger partial charge in [-0.3, -0.25) is 4.79 Å².